The van der Waals surface area contributed by atoms with E-state index in [0.29, 0.717) is 5.76 Å². The van der Waals surface area contributed by atoms with E-state index in [4.69, 9.17) is 18.7 Å². The number of hydrogen-bond donors (Lipinski definition) is 3. The van der Waals surface area contributed by atoms with Crippen molar-refractivity contribution in [3.05, 3.63) is 53.2 Å². The lowest BCUT2D eigenvalue weighted by atomic mass is 9.94. The van der Waals surface area contributed by atoms with Crippen LogP contribution in [0.15, 0.2) is 34.9 Å². The zero-order chi connectivity index (χ0) is 27.9. The fourth-order valence-corrected chi connectivity index (χ4v) is 3.66. The number of amides is 3. The topological polar surface area (TPSA) is 161 Å². The summed E-state index contributed by atoms with van der Waals surface area (Å²) in [6.45, 7) is 2.91. The number of carbonyl (C=O) groups is 4. The predicted octanol–water partition coefficient (Wildman–Crippen LogP) is 0.0836. The fourth-order valence-electron chi connectivity index (χ4n) is 3.66. The quantitative estimate of drug-likeness (QED) is 0.285. The van der Waals surface area contributed by atoms with Gasteiger partial charge >= 0.3 is 0 Å². The minimum absolute atomic E-state index is 0.0344. The Morgan fingerprint density at radius 2 is 1.61 bits per heavy atom. The monoisotopic (exact) mass is 534 g/mol. The first kappa shape index (κ1) is 28.9. The molecule has 0 saturated carbocycles. The zero-order valence-electron chi connectivity index (χ0n) is 21.5. The van der Waals surface area contributed by atoms with Gasteiger partial charge in [0.2, 0.25) is 11.8 Å². The standard InChI is InChI=1S/C25H31FN4O8/c1-14-9-18(30-38-14)22(32)28-20(12-36-4)24(34)29-19(11-35-3)23(33)27-17(21(31)25(2)13-37-25)10-15-7-5-6-8-16(15)26/h5-9,17,19-20H,10-13H2,1-4H3,(H,27,33)(H,28,32)(H,29,34)/t17-,19-,20-,25+/m0/s1. The number of aromatic nitrogens is 1. The number of ether oxygens (including phenoxy) is 3. The highest BCUT2D eigenvalue weighted by molar-refractivity contribution is 5.99. The van der Waals surface area contributed by atoms with Gasteiger partial charge in [-0.05, 0) is 25.5 Å². The molecule has 1 aliphatic heterocycles. The number of carbonyl (C=O) groups excluding carboxylic acids is 4. The summed E-state index contributed by atoms with van der Waals surface area (Å²) in [4.78, 5) is 51.7. The van der Waals surface area contributed by atoms with Crippen LogP contribution < -0.4 is 16.0 Å². The van der Waals surface area contributed by atoms with E-state index < -0.39 is 53.0 Å². The number of epoxide rings is 1. The van der Waals surface area contributed by atoms with Crippen molar-refractivity contribution < 1.29 is 42.3 Å². The lowest BCUT2D eigenvalue weighted by Gasteiger charge is -2.25. The molecule has 3 amide bonds. The molecule has 1 fully saturated rings. The van der Waals surface area contributed by atoms with Crippen molar-refractivity contribution in [3.63, 3.8) is 0 Å². The van der Waals surface area contributed by atoms with Crippen LogP contribution in [0.1, 0.15) is 28.7 Å². The first-order valence-electron chi connectivity index (χ1n) is 11.8. The lowest BCUT2D eigenvalue weighted by molar-refractivity contribution is -0.134. The summed E-state index contributed by atoms with van der Waals surface area (Å²) in [5.74, 6) is -2.71. The van der Waals surface area contributed by atoms with E-state index in [1.54, 1.807) is 19.9 Å². The summed E-state index contributed by atoms with van der Waals surface area (Å²) in [6, 6.07) is 3.74. The highest BCUT2D eigenvalue weighted by Gasteiger charge is 2.50. The van der Waals surface area contributed by atoms with Crippen LogP contribution in [0.5, 0.6) is 0 Å². The van der Waals surface area contributed by atoms with Gasteiger partial charge in [-0.1, -0.05) is 23.4 Å². The second-order valence-electron chi connectivity index (χ2n) is 9.06. The molecular weight excluding hydrogens is 503 g/mol. The Balaban J connectivity index is 1.72. The van der Waals surface area contributed by atoms with Crippen molar-refractivity contribution in [1.82, 2.24) is 21.1 Å². The lowest BCUT2D eigenvalue weighted by Crippen LogP contribution is -2.59. The molecule has 1 aliphatic rings. The van der Waals surface area contributed by atoms with Crippen LogP contribution in [0.2, 0.25) is 0 Å². The molecule has 1 aromatic heterocycles. The summed E-state index contributed by atoms with van der Waals surface area (Å²) in [7, 11) is 2.67. The van der Waals surface area contributed by atoms with Crippen LogP contribution in [0.4, 0.5) is 4.39 Å². The van der Waals surface area contributed by atoms with Gasteiger partial charge in [-0.2, -0.15) is 0 Å². The number of Topliss-reactive ketones (excluding diaryl/α,β-unsaturated/α-hetero) is 1. The molecule has 3 rings (SSSR count). The van der Waals surface area contributed by atoms with Crippen LogP contribution >= 0.6 is 0 Å². The third-order valence-corrected chi connectivity index (χ3v) is 5.90. The van der Waals surface area contributed by atoms with E-state index in [0.717, 1.165) is 0 Å². The van der Waals surface area contributed by atoms with E-state index in [1.807, 2.05) is 0 Å². The van der Waals surface area contributed by atoms with Crippen LogP contribution in [0.25, 0.3) is 0 Å². The Morgan fingerprint density at radius 3 is 2.13 bits per heavy atom. The van der Waals surface area contributed by atoms with Gasteiger partial charge in [0.25, 0.3) is 5.91 Å². The molecule has 2 heterocycles. The Hall–Kier alpha value is -3.68. The van der Waals surface area contributed by atoms with Crippen molar-refractivity contribution in [3.8, 4) is 0 Å². The molecule has 13 heteroatoms. The Morgan fingerprint density at radius 1 is 1.03 bits per heavy atom. The first-order valence-corrected chi connectivity index (χ1v) is 11.8. The molecule has 3 N–H and O–H groups in total. The molecular formula is C25H31FN4O8. The molecule has 0 bridgehead atoms. The third-order valence-electron chi connectivity index (χ3n) is 5.90. The van der Waals surface area contributed by atoms with E-state index >= 15 is 0 Å². The molecule has 2 aromatic rings. The van der Waals surface area contributed by atoms with Crippen LogP contribution in [0.3, 0.4) is 0 Å². The van der Waals surface area contributed by atoms with Crippen molar-refractivity contribution >= 4 is 23.5 Å². The third kappa shape index (κ3) is 7.43. The number of rotatable bonds is 14. The van der Waals surface area contributed by atoms with Gasteiger partial charge in [0, 0.05) is 26.7 Å². The summed E-state index contributed by atoms with van der Waals surface area (Å²) in [5, 5.41) is 11.2. The average molecular weight is 535 g/mol. The van der Waals surface area contributed by atoms with E-state index in [1.165, 1.54) is 38.5 Å². The Bertz CT molecular complexity index is 1170. The zero-order valence-corrected chi connectivity index (χ0v) is 21.5. The second kappa shape index (κ2) is 12.7. The molecule has 0 spiro atoms. The molecule has 0 aliphatic carbocycles. The molecule has 4 atom stereocenters. The number of benzene rings is 1. The van der Waals surface area contributed by atoms with E-state index in [-0.39, 0.29) is 37.5 Å². The SMILES string of the molecule is COC[C@H](NC(=O)c1cc(C)on1)C(=O)N[C@@H](COC)C(=O)N[C@@H](Cc1ccccc1F)C(=O)[C@@]1(C)CO1. The number of halogens is 1. The van der Waals surface area contributed by atoms with Gasteiger partial charge in [0.1, 0.15) is 29.3 Å². The fraction of sp³-hybridized carbons (Fsp3) is 0.480. The Kier molecular flexibility index (Phi) is 9.66. The van der Waals surface area contributed by atoms with E-state index in [9.17, 15) is 23.6 Å². The summed E-state index contributed by atoms with van der Waals surface area (Å²) in [6.07, 6.45) is -0.122. The van der Waals surface area contributed by atoms with Crippen LogP contribution in [0, 0.1) is 12.7 Å². The summed E-state index contributed by atoms with van der Waals surface area (Å²) >= 11 is 0. The number of nitrogens with zero attached hydrogens (tertiary/aromatic N) is 1. The van der Waals surface area contributed by atoms with Crippen LogP contribution in [-0.4, -0.2) is 86.4 Å². The summed E-state index contributed by atoms with van der Waals surface area (Å²) < 4.78 is 34.6. The normalized spacial score (nSPS) is 18.7. The highest BCUT2D eigenvalue weighted by atomic mass is 19.1. The van der Waals surface area contributed by atoms with Crippen molar-refractivity contribution in [2.75, 3.05) is 34.0 Å². The predicted molar refractivity (Wildman–Crippen MR) is 130 cm³/mol. The first-order chi connectivity index (χ1) is 18.1. The maximum Gasteiger partial charge on any atom is 0.274 e. The number of ketones is 1. The highest BCUT2D eigenvalue weighted by Crippen LogP contribution is 2.29. The summed E-state index contributed by atoms with van der Waals surface area (Å²) in [5.41, 5.74) is -0.891. The minimum Gasteiger partial charge on any atom is -0.382 e. The molecule has 0 unspecified atom stereocenters. The van der Waals surface area contributed by atoms with Gasteiger partial charge in [0.15, 0.2) is 11.5 Å². The minimum atomic E-state index is -1.25. The smallest absolute Gasteiger partial charge is 0.274 e. The molecule has 0 radical (unpaired) electrons. The van der Waals surface area contributed by atoms with Gasteiger partial charge in [-0.25, -0.2) is 4.39 Å². The van der Waals surface area contributed by atoms with Crippen molar-refractivity contribution in [2.45, 2.75) is 44.0 Å². The largest absolute Gasteiger partial charge is 0.382 e. The molecule has 1 saturated heterocycles. The maximum absolute atomic E-state index is 14.3. The van der Waals surface area contributed by atoms with Gasteiger partial charge in [0.05, 0.1) is 25.9 Å². The van der Waals surface area contributed by atoms with E-state index in [2.05, 4.69) is 21.1 Å². The number of aryl methyl sites for hydroxylation is 1. The van der Waals surface area contributed by atoms with Gasteiger partial charge < -0.3 is 34.7 Å². The average Bonchev–Trinajstić information content (AvgIpc) is 3.49. The van der Waals surface area contributed by atoms with Crippen molar-refractivity contribution in [2.24, 2.45) is 0 Å². The maximum atomic E-state index is 14.3. The number of methoxy groups -OCH3 is 2. The Labute approximate surface area is 218 Å². The van der Waals surface area contributed by atoms with Gasteiger partial charge in [-0.15, -0.1) is 0 Å². The number of nitrogens with one attached hydrogen (secondary N) is 3. The molecule has 38 heavy (non-hydrogen) atoms. The molecule has 12 nitrogen and oxygen atoms in total. The second-order valence-corrected chi connectivity index (χ2v) is 9.06. The van der Waals surface area contributed by atoms with Crippen LogP contribution in [-0.2, 0) is 35.0 Å². The number of hydrogen-bond acceptors (Lipinski definition) is 9. The van der Waals surface area contributed by atoms with Crippen molar-refractivity contribution in [1.29, 1.82) is 0 Å². The molecule has 206 valence electrons. The molecule has 1 aromatic carbocycles. The van der Waals surface area contributed by atoms with Gasteiger partial charge in [-0.3, -0.25) is 19.2 Å².